The van der Waals surface area contributed by atoms with Gasteiger partial charge in [0.15, 0.2) is 5.44 Å². The molecule has 33 heavy (non-hydrogen) atoms. The molecule has 0 aliphatic rings. The molecule has 0 aliphatic heterocycles. The number of unbranched alkanes of at least 4 members (excludes halogenated alkanes) is 8. The minimum atomic E-state index is -5.12. The molecular weight excluding hydrogens is 470 g/mol. The van der Waals surface area contributed by atoms with Crippen molar-refractivity contribution in [1.29, 1.82) is 0 Å². The van der Waals surface area contributed by atoms with E-state index >= 15 is 0 Å². The van der Waals surface area contributed by atoms with Crippen LogP contribution in [-0.2, 0) is 19.6 Å². The summed E-state index contributed by atoms with van der Waals surface area (Å²) < 4.78 is 39.1. The summed E-state index contributed by atoms with van der Waals surface area (Å²) in [6.45, 7) is 2.16. The van der Waals surface area contributed by atoms with Gasteiger partial charge in [0.2, 0.25) is 0 Å². The molecule has 1 aromatic rings. The number of hydrogen-bond donors (Lipinski definition) is 0. The normalized spacial score (nSPS) is 11.6. The van der Waals surface area contributed by atoms with Gasteiger partial charge in [-0.15, -0.1) is 0 Å². The summed E-state index contributed by atoms with van der Waals surface area (Å²) in [5.74, 6) is -3.48. The van der Waals surface area contributed by atoms with Crippen molar-refractivity contribution >= 4 is 27.8 Å². The van der Waals surface area contributed by atoms with E-state index in [1.165, 1.54) is 37.8 Å². The largest absolute Gasteiger partial charge is 1.00 e. The average molecular weight is 501 g/mol. The van der Waals surface area contributed by atoms with Gasteiger partial charge in [-0.2, -0.15) is 0 Å². The first-order valence-corrected chi connectivity index (χ1v) is 12.1. The van der Waals surface area contributed by atoms with Gasteiger partial charge in [-0.05, 0) is 12.5 Å². The molecule has 0 saturated heterocycles. The smallest absolute Gasteiger partial charge is 0.745 e. The third-order valence-corrected chi connectivity index (χ3v) is 5.79. The Morgan fingerprint density at radius 3 is 1.85 bits per heavy atom. The van der Waals surface area contributed by atoms with Crippen molar-refractivity contribution in [1.82, 2.24) is 0 Å². The Morgan fingerprint density at radius 1 is 0.879 bits per heavy atom. The van der Waals surface area contributed by atoms with E-state index in [0.717, 1.165) is 37.8 Å². The minimum absolute atomic E-state index is 0. The first-order chi connectivity index (χ1) is 14.7. The van der Waals surface area contributed by atoms with Crippen LogP contribution in [0.1, 0.15) is 98.3 Å². The van der Waals surface area contributed by atoms with Gasteiger partial charge in [-0.1, -0.05) is 76.5 Å². The zero-order valence-corrected chi connectivity index (χ0v) is 24.7. The van der Waals surface area contributed by atoms with Crippen LogP contribution in [0.4, 0.5) is 0 Å². The maximum absolute atomic E-state index is 12.2. The number of carbonyl (C=O) groups excluding carboxylic acids is 3. The molecule has 0 heterocycles. The van der Waals surface area contributed by atoms with E-state index in [1.807, 2.05) is 0 Å². The standard InChI is InChI=1S/C22H32O8S.2Na/c1-2-3-4-5-6-7-8-9-10-13-17(23)16-20(31(27,28)29)30-22(26)19-15-12-11-14-18(19)21(24)25;;/h11-12,14-15,20H,2-10,13,16H2,1H3,(H,24,25)(H,27,28,29);;/q;2*+1/p-2. The topological polar surface area (TPSA) is 141 Å². The first kappa shape index (κ1) is 34.9. The van der Waals surface area contributed by atoms with Crippen molar-refractivity contribution in [2.75, 3.05) is 0 Å². The van der Waals surface area contributed by atoms with Gasteiger partial charge in [0.1, 0.15) is 15.9 Å². The van der Waals surface area contributed by atoms with Gasteiger partial charge >= 0.3 is 65.1 Å². The SMILES string of the molecule is CCCCCCCCCCCC(=O)CC(OC(=O)c1ccccc1C(=O)[O-])S(=O)(=O)[O-].[Na+].[Na+]. The summed E-state index contributed by atoms with van der Waals surface area (Å²) in [7, 11) is -5.12. The maximum atomic E-state index is 12.2. The molecule has 8 nitrogen and oxygen atoms in total. The fourth-order valence-corrected chi connectivity index (χ4v) is 3.74. The Kier molecular flexibility index (Phi) is 20.1. The van der Waals surface area contributed by atoms with Crippen LogP contribution >= 0.6 is 0 Å². The fraction of sp³-hybridized carbons (Fsp3) is 0.591. The summed E-state index contributed by atoms with van der Waals surface area (Å²) in [4.78, 5) is 35.4. The quantitative estimate of drug-likeness (QED) is 0.101. The number of hydrogen-bond acceptors (Lipinski definition) is 8. The Balaban J connectivity index is 0. The minimum Gasteiger partial charge on any atom is -0.745 e. The molecular formula is C22H30Na2O8S. The molecule has 0 aromatic heterocycles. The molecule has 1 atom stereocenters. The van der Waals surface area contributed by atoms with Crippen LogP contribution in [0.25, 0.3) is 0 Å². The van der Waals surface area contributed by atoms with Gasteiger partial charge in [-0.25, -0.2) is 13.2 Å². The first-order valence-electron chi connectivity index (χ1n) is 10.6. The van der Waals surface area contributed by atoms with Crippen LogP contribution in [0, 0.1) is 0 Å². The number of carboxylic acids is 1. The van der Waals surface area contributed by atoms with Crippen molar-refractivity contribution in [3.8, 4) is 0 Å². The Bertz CT molecular complexity index is 843. The van der Waals surface area contributed by atoms with Crippen LogP contribution in [0.15, 0.2) is 24.3 Å². The number of benzene rings is 1. The molecule has 1 aromatic carbocycles. The molecule has 0 aliphatic carbocycles. The number of esters is 1. The Hall–Kier alpha value is -0.260. The van der Waals surface area contributed by atoms with E-state index in [9.17, 15) is 32.5 Å². The second-order valence-corrected chi connectivity index (χ2v) is 8.99. The van der Waals surface area contributed by atoms with Gasteiger partial charge < -0.3 is 19.2 Å². The molecule has 0 amide bonds. The van der Waals surface area contributed by atoms with Crippen LogP contribution < -0.4 is 64.2 Å². The Labute approximate surface area is 240 Å². The van der Waals surface area contributed by atoms with Crippen LogP contribution in [0.5, 0.6) is 0 Å². The summed E-state index contributed by atoms with van der Waals surface area (Å²) >= 11 is 0. The molecule has 1 unspecified atom stereocenters. The van der Waals surface area contributed by atoms with E-state index in [2.05, 4.69) is 6.92 Å². The molecule has 0 bridgehead atoms. The molecule has 0 fully saturated rings. The predicted molar refractivity (Wildman–Crippen MR) is 111 cm³/mol. The second kappa shape index (κ2) is 19.0. The number of ketones is 1. The van der Waals surface area contributed by atoms with Crippen LogP contribution in [-0.4, -0.2) is 36.1 Å². The van der Waals surface area contributed by atoms with Gasteiger partial charge in [0.25, 0.3) is 0 Å². The third kappa shape index (κ3) is 14.7. The number of ether oxygens (including phenoxy) is 1. The third-order valence-electron chi connectivity index (χ3n) is 4.88. The molecule has 174 valence electrons. The molecule has 1 rings (SSSR count). The molecule has 11 heteroatoms. The summed E-state index contributed by atoms with van der Waals surface area (Å²) in [5, 5.41) is 11.1. The predicted octanol–water partition coefficient (Wildman–Crippen LogP) is -3.03. The number of carbonyl (C=O) groups is 3. The van der Waals surface area contributed by atoms with Crippen molar-refractivity contribution < 1.29 is 96.3 Å². The van der Waals surface area contributed by atoms with E-state index in [0.29, 0.717) is 6.42 Å². The fourth-order valence-electron chi connectivity index (χ4n) is 3.15. The maximum Gasteiger partial charge on any atom is 1.00 e. The zero-order chi connectivity index (χ0) is 23.3. The van der Waals surface area contributed by atoms with Crippen molar-refractivity contribution in [2.24, 2.45) is 0 Å². The Morgan fingerprint density at radius 2 is 1.36 bits per heavy atom. The monoisotopic (exact) mass is 500 g/mol. The molecule has 0 spiro atoms. The second-order valence-electron chi connectivity index (χ2n) is 7.48. The number of rotatable bonds is 16. The summed E-state index contributed by atoms with van der Waals surface area (Å²) in [6.07, 6.45) is 8.73. The number of Topliss-reactive ketones (excluding diaryl/α,β-unsaturated/α-hetero) is 1. The molecule has 0 radical (unpaired) electrons. The van der Waals surface area contributed by atoms with Crippen molar-refractivity contribution in [3.63, 3.8) is 0 Å². The number of aromatic carboxylic acids is 1. The summed E-state index contributed by atoms with van der Waals surface area (Å²) in [5.41, 5.74) is -3.17. The van der Waals surface area contributed by atoms with Crippen LogP contribution in [0.2, 0.25) is 0 Å². The summed E-state index contributed by atoms with van der Waals surface area (Å²) in [6, 6.07) is 4.88. The van der Waals surface area contributed by atoms with E-state index in [-0.39, 0.29) is 65.5 Å². The van der Waals surface area contributed by atoms with Gasteiger partial charge in [0, 0.05) is 12.0 Å². The van der Waals surface area contributed by atoms with Gasteiger partial charge in [0.05, 0.1) is 18.0 Å². The molecule has 0 N–H and O–H groups in total. The van der Waals surface area contributed by atoms with Gasteiger partial charge in [-0.3, -0.25) is 4.79 Å². The zero-order valence-electron chi connectivity index (χ0n) is 19.8. The van der Waals surface area contributed by atoms with Crippen molar-refractivity contribution in [3.05, 3.63) is 35.4 Å². The van der Waals surface area contributed by atoms with Crippen molar-refractivity contribution in [2.45, 2.75) is 83.0 Å². The average Bonchev–Trinajstić information content (AvgIpc) is 2.71. The molecule has 0 saturated carbocycles. The van der Waals surface area contributed by atoms with E-state index in [4.69, 9.17) is 4.74 Å². The number of carboxylic acid groups (broad SMARTS) is 1. The van der Waals surface area contributed by atoms with E-state index < -0.39 is 50.8 Å². The van der Waals surface area contributed by atoms with E-state index in [1.54, 1.807) is 0 Å². The van der Waals surface area contributed by atoms with Crippen LogP contribution in [0.3, 0.4) is 0 Å².